The van der Waals surface area contributed by atoms with Crippen LogP contribution in [0.5, 0.6) is 0 Å². The highest BCUT2D eigenvalue weighted by atomic mass is 35.5. The van der Waals surface area contributed by atoms with Gasteiger partial charge < -0.3 is 10.4 Å². The zero-order valence-electron chi connectivity index (χ0n) is 10.9. The molecule has 1 aromatic heterocycles. The fraction of sp³-hybridized carbons (Fsp3) is 0.714. The molecular weight excluding hydrogens is 266 g/mol. The first kappa shape index (κ1) is 14.3. The van der Waals surface area contributed by atoms with Gasteiger partial charge >= 0.3 is 0 Å². The number of hydrogen-bond acceptors (Lipinski definition) is 3. The normalized spacial score (nSPS) is 20.1. The van der Waals surface area contributed by atoms with Crippen LogP contribution in [-0.4, -0.2) is 18.3 Å². The fourth-order valence-electron chi connectivity index (χ4n) is 2.79. The maximum atomic E-state index is 9.07. The lowest BCUT2D eigenvalue weighted by atomic mass is 9.99. The van der Waals surface area contributed by atoms with Gasteiger partial charge in [-0.3, -0.25) is 0 Å². The Morgan fingerprint density at radius 2 is 2.39 bits per heavy atom. The molecule has 2 N–H and O–H groups in total. The predicted octanol–water partition coefficient (Wildman–Crippen LogP) is 3.78. The highest BCUT2D eigenvalue weighted by Crippen LogP contribution is 2.39. The molecule has 0 aliphatic heterocycles. The summed E-state index contributed by atoms with van der Waals surface area (Å²) in [5.41, 5.74) is 1.41. The molecule has 4 heteroatoms. The van der Waals surface area contributed by atoms with Crippen molar-refractivity contribution < 1.29 is 5.11 Å². The molecule has 2 atom stereocenters. The minimum atomic E-state index is 0.298. The van der Waals surface area contributed by atoms with Crippen molar-refractivity contribution >= 4 is 22.9 Å². The van der Waals surface area contributed by atoms with Crippen LogP contribution in [0.3, 0.4) is 0 Å². The molecule has 1 aromatic rings. The van der Waals surface area contributed by atoms with Crippen LogP contribution in [0.15, 0.2) is 6.07 Å². The molecule has 1 aliphatic carbocycles. The third-order valence-corrected chi connectivity index (χ3v) is 5.07. The SMILES string of the molecule is CCCC(CCO)CNC1CCc2sc(Cl)cc21. The lowest BCUT2D eigenvalue weighted by molar-refractivity contribution is 0.245. The molecule has 0 saturated carbocycles. The van der Waals surface area contributed by atoms with Gasteiger partial charge in [-0.25, -0.2) is 0 Å². The first-order chi connectivity index (χ1) is 8.74. The maximum Gasteiger partial charge on any atom is 0.0934 e. The lowest BCUT2D eigenvalue weighted by Gasteiger charge is -2.19. The first-order valence-corrected chi connectivity index (χ1v) is 8.06. The summed E-state index contributed by atoms with van der Waals surface area (Å²) in [4.78, 5) is 1.45. The molecule has 1 aliphatic rings. The molecule has 2 nitrogen and oxygen atoms in total. The van der Waals surface area contributed by atoms with Gasteiger partial charge in [-0.05, 0) is 49.8 Å². The zero-order chi connectivity index (χ0) is 13.0. The number of rotatable bonds is 7. The topological polar surface area (TPSA) is 32.3 Å². The van der Waals surface area contributed by atoms with E-state index in [0.717, 1.165) is 23.7 Å². The van der Waals surface area contributed by atoms with E-state index in [1.54, 1.807) is 11.3 Å². The monoisotopic (exact) mass is 287 g/mol. The van der Waals surface area contributed by atoms with E-state index in [-0.39, 0.29) is 0 Å². The summed E-state index contributed by atoms with van der Waals surface area (Å²) >= 11 is 7.78. The van der Waals surface area contributed by atoms with Crippen molar-refractivity contribution in [2.45, 2.75) is 45.1 Å². The molecule has 0 aromatic carbocycles. The standard InChI is InChI=1S/C14H22ClNOS/c1-2-3-10(6-7-17)9-16-12-4-5-13-11(12)8-14(15)18-13/h8,10,12,16-17H,2-7,9H2,1H3. The van der Waals surface area contributed by atoms with Gasteiger partial charge in [0.2, 0.25) is 0 Å². The summed E-state index contributed by atoms with van der Waals surface area (Å²) in [7, 11) is 0. The van der Waals surface area contributed by atoms with Crippen molar-refractivity contribution in [1.29, 1.82) is 0 Å². The van der Waals surface area contributed by atoms with Crippen molar-refractivity contribution in [3.63, 3.8) is 0 Å². The van der Waals surface area contributed by atoms with Crippen molar-refractivity contribution in [3.8, 4) is 0 Å². The van der Waals surface area contributed by atoms with Crippen molar-refractivity contribution in [1.82, 2.24) is 5.32 Å². The largest absolute Gasteiger partial charge is 0.396 e. The molecule has 2 rings (SSSR count). The van der Waals surface area contributed by atoms with Crippen molar-refractivity contribution in [2.24, 2.45) is 5.92 Å². The van der Waals surface area contributed by atoms with Gasteiger partial charge in [-0.1, -0.05) is 24.9 Å². The zero-order valence-corrected chi connectivity index (χ0v) is 12.5. The van der Waals surface area contributed by atoms with Gasteiger partial charge in [0.25, 0.3) is 0 Å². The van der Waals surface area contributed by atoms with Gasteiger partial charge in [0.05, 0.1) is 4.34 Å². The Labute approximate surface area is 118 Å². The minimum Gasteiger partial charge on any atom is -0.396 e. The highest BCUT2D eigenvalue weighted by molar-refractivity contribution is 7.16. The van der Waals surface area contributed by atoms with Crippen molar-refractivity contribution in [3.05, 3.63) is 20.8 Å². The van der Waals surface area contributed by atoms with Crippen LogP contribution in [0.4, 0.5) is 0 Å². The summed E-state index contributed by atoms with van der Waals surface area (Å²) in [5.74, 6) is 0.596. The van der Waals surface area contributed by atoms with Crippen LogP contribution < -0.4 is 5.32 Å². The van der Waals surface area contributed by atoms with E-state index in [1.165, 1.54) is 29.7 Å². The average Bonchev–Trinajstić information content (AvgIpc) is 2.86. The highest BCUT2D eigenvalue weighted by Gasteiger charge is 2.25. The van der Waals surface area contributed by atoms with E-state index < -0.39 is 0 Å². The number of hydrogen-bond donors (Lipinski definition) is 2. The van der Waals surface area contributed by atoms with E-state index in [0.29, 0.717) is 18.6 Å². The molecule has 0 spiro atoms. The fourth-order valence-corrected chi connectivity index (χ4v) is 4.15. The Hall–Kier alpha value is -0.0900. The number of aliphatic hydroxyl groups excluding tert-OH is 1. The molecule has 102 valence electrons. The first-order valence-electron chi connectivity index (χ1n) is 6.87. The Morgan fingerprint density at radius 3 is 3.11 bits per heavy atom. The molecule has 1 heterocycles. The molecule has 18 heavy (non-hydrogen) atoms. The van der Waals surface area contributed by atoms with Gasteiger partial charge in [0.1, 0.15) is 0 Å². The molecule has 0 bridgehead atoms. The maximum absolute atomic E-state index is 9.07. The third kappa shape index (κ3) is 3.47. The molecule has 0 amide bonds. The van der Waals surface area contributed by atoms with Gasteiger partial charge in [-0.15, -0.1) is 11.3 Å². The van der Waals surface area contributed by atoms with Gasteiger partial charge in [0.15, 0.2) is 0 Å². The summed E-state index contributed by atoms with van der Waals surface area (Å²) in [6, 6.07) is 2.59. The van der Waals surface area contributed by atoms with E-state index in [9.17, 15) is 0 Å². The number of aryl methyl sites for hydroxylation is 1. The Bertz CT molecular complexity index is 374. The molecule has 0 radical (unpaired) electrons. The summed E-state index contributed by atoms with van der Waals surface area (Å²) in [6.45, 7) is 3.51. The Balaban J connectivity index is 1.86. The van der Waals surface area contributed by atoms with Crippen molar-refractivity contribution in [2.75, 3.05) is 13.2 Å². The second-order valence-corrected chi connectivity index (χ2v) is 6.86. The second-order valence-electron chi connectivity index (χ2n) is 5.10. The number of nitrogens with one attached hydrogen (secondary N) is 1. The summed E-state index contributed by atoms with van der Waals surface area (Å²) in [6.07, 6.45) is 5.63. The van der Waals surface area contributed by atoms with Gasteiger partial charge in [-0.2, -0.15) is 0 Å². The molecule has 0 fully saturated rings. The number of halogens is 1. The van der Waals surface area contributed by atoms with E-state index in [1.807, 2.05) is 0 Å². The summed E-state index contributed by atoms with van der Waals surface area (Å²) < 4.78 is 0.909. The number of fused-ring (bicyclic) bond motifs is 1. The average molecular weight is 288 g/mol. The van der Waals surface area contributed by atoms with Crippen LogP contribution in [0.25, 0.3) is 0 Å². The van der Waals surface area contributed by atoms with E-state index >= 15 is 0 Å². The third-order valence-electron chi connectivity index (χ3n) is 3.73. The second kappa shape index (κ2) is 6.90. The predicted molar refractivity (Wildman–Crippen MR) is 78.5 cm³/mol. The van der Waals surface area contributed by atoms with Crippen LogP contribution in [0.2, 0.25) is 4.34 Å². The minimum absolute atomic E-state index is 0.298. The van der Waals surface area contributed by atoms with E-state index in [2.05, 4.69) is 18.3 Å². The molecule has 2 unspecified atom stereocenters. The van der Waals surface area contributed by atoms with Crippen LogP contribution in [0.1, 0.15) is 49.1 Å². The number of aliphatic hydroxyl groups is 1. The molecule has 0 saturated heterocycles. The Kier molecular flexibility index (Phi) is 5.49. The lowest BCUT2D eigenvalue weighted by Crippen LogP contribution is -2.26. The Morgan fingerprint density at radius 1 is 1.56 bits per heavy atom. The quantitative estimate of drug-likeness (QED) is 0.800. The van der Waals surface area contributed by atoms with Gasteiger partial charge in [0, 0.05) is 17.5 Å². The van der Waals surface area contributed by atoms with E-state index in [4.69, 9.17) is 16.7 Å². The summed E-state index contributed by atoms with van der Waals surface area (Å²) in [5, 5.41) is 12.7. The number of thiophene rings is 1. The van der Waals surface area contributed by atoms with Crippen LogP contribution in [-0.2, 0) is 6.42 Å². The molecular formula is C14H22ClNOS. The smallest absolute Gasteiger partial charge is 0.0934 e. The van der Waals surface area contributed by atoms with Crippen LogP contribution in [0, 0.1) is 5.92 Å². The van der Waals surface area contributed by atoms with Crippen LogP contribution >= 0.6 is 22.9 Å².